The minimum atomic E-state index is -0.562. The van der Waals surface area contributed by atoms with Gasteiger partial charge in [0.05, 0.1) is 4.92 Å². The molecule has 6 nitrogen and oxygen atoms in total. The average molecular weight is 276 g/mol. The number of halogens is 1. The highest BCUT2D eigenvalue weighted by molar-refractivity contribution is 5.76. The van der Waals surface area contributed by atoms with Crippen LogP contribution in [0.15, 0.2) is 24.5 Å². The summed E-state index contributed by atoms with van der Waals surface area (Å²) >= 11 is 0. The quantitative estimate of drug-likeness (QED) is 0.686. The maximum atomic E-state index is 13.5. The number of aryl methyl sites for hydroxylation is 1. The number of nitrogens with zero attached hydrogens (tertiary/aromatic N) is 3. The second-order valence-electron chi connectivity index (χ2n) is 4.22. The van der Waals surface area contributed by atoms with E-state index in [1.165, 1.54) is 18.5 Å². The zero-order chi connectivity index (χ0) is 14.7. The molecule has 0 aliphatic rings. The summed E-state index contributed by atoms with van der Waals surface area (Å²) in [5, 5.41) is 14.1. The summed E-state index contributed by atoms with van der Waals surface area (Å²) in [4.78, 5) is 18.5. The molecular formula is C13H13FN4O2. The highest BCUT2D eigenvalue weighted by atomic mass is 19.1. The average Bonchev–Trinajstić information content (AvgIpc) is 2.37. The van der Waals surface area contributed by atoms with Crippen LogP contribution in [0.1, 0.15) is 12.5 Å². The van der Waals surface area contributed by atoms with E-state index in [1.807, 2.05) is 0 Å². The van der Waals surface area contributed by atoms with Crippen molar-refractivity contribution >= 4 is 11.5 Å². The number of nitrogens with one attached hydrogen (secondary N) is 1. The molecular weight excluding hydrogens is 263 g/mol. The lowest BCUT2D eigenvalue weighted by molar-refractivity contribution is -0.383. The molecule has 0 amide bonds. The molecule has 7 heteroatoms. The molecule has 1 N–H and O–H groups in total. The normalized spacial score (nSPS) is 10.3. The Morgan fingerprint density at radius 2 is 2.10 bits per heavy atom. The molecule has 0 spiro atoms. The number of anilines is 1. The Kier molecular flexibility index (Phi) is 3.88. The van der Waals surface area contributed by atoms with Crippen molar-refractivity contribution in [3.63, 3.8) is 0 Å². The van der Waals surface area contributed by atoms with Gasteiger partial charge in [0.25, 0.3) is 0 Å². The number of benzene rings is 1. The van der Waals surface area contributed by atoms with E-state index in [4.69, 9.17) is 0 Å². The predicted molar refractivity (Wildman–Crippen MR) is 73.0 cm³/mol. The molecule has 20 heavy (non-hydrogen) atoms. The van der Waals surface area contributed by atoms with Gasteiger partial charge in [0.2, 0.25) is 5.82 Å². The topological polar surface area (TPSA) is 81.0 Å². The minimum Gasteiger partial charge on any atom is -0.365 e. The molecule has 0 aliphatic carbocycles. The summed E-state index contributed by atoms with van der Waals surface area (Å²) < 4.78 is 13.5. The molecule has 0 radical (unpaired) electrons. The first kappa shape index (κ1) is 13.9. The number of nitro groups is 1. The largest absolute Gasteiger partial charge is 0.365 e. The van der Waals surface area contributed by atoms with Gasteiger partial charge in [0.15, 0.2) is 5.69 Å². The van der Waals surface area contributed by atoms with Crippen molar-refractivity contribution in [3.8, 4) is 11.3 Å². The van der Waals surface area contributed by atoms with Gasteiger partial charge in [-0.25, -0.2) is 14.4 Å². The Morgan fingerprint density at radius 3 is 2.70 bits per heavy atom. The van der Waals surface area contributed by atoms with Gasteiger partial charge in [-0.15, -0.1) is 0 Å². The van der Waals surface area contributed by atoms with E-state index in [0.29, 0.717) is 17.7 Å². The van der Waals surface area contributed by atoms with E-state index in [-0.39, 0.29) is 17.2 Å². The first-order chi connectivity index (χ1) is 9.52. The Bertz CT molecular complexity index is 641. The summed E-state index contributed by atoms with van der Waals surface area (Å²) in [6.07, 6.45) is 1.22. The van der Waals surface area contributed by atoms with Crippen LogP contribution in [0.5, 0.6) is 0 Å². The molecule has 0 fully saturated rings. The lowest BCUT2D eigenvalue weighted by Gasteiger charge is -2.08. The Labute approximate surface area is 114 Å². The summed E-state index contributed by atoms with van der Waals surface area (Å²) in [5.41, 5.74) is 0.872. The van der Waals surface area contributed by atoms with Crippen molar-refractivity contribution < 1.29 is 9.31 Å². The van der Waals surface area contributed by atoms with Crippen molar-refractivity contribution in [1.29, 1.82) is 0 Å². The van der Waals surface area contributed by atoms with Crippen LogP contribution < -0.4 is 5.32 Å². The fourth-order valence-electron chi connectivity index (χ4n) is 1.93. The number of aromatic nitrogens is 2. The lowest BCUT2D eigenvalue weighted by Crippen LogP contribution is -2.06. The summed E-state index contributed by atoms with van der Waals surface area (Å²) in [5.74, 6) is -0.331. The molecule has 0 saturated heterocycles. The third-order valence-electron chi connectivity index (χ3n) is 2.66. The van der Waals surface area contributed by atoms with E-state index in [2.05, 4.69) is 15.3 Å². The molecule has 0 unspecified atom stereocenters. The third kappa shape index (κ3) is 2.71. The molecule has 2 rings (SSSR count). The van der Waals surface area contributed by atoms with E-state index < -0.39 is 10.7 Å². The van der Waals surface area contributed by atoms with E-state index in [9.17, 15) is 14.5 Å². The van der Waals surface area contributed by atoms with Crippen LogP contribution in [0.2, 0.25) is 0 Å². The molecule has 0 atom stereocenters. The van der Waals surface area contributed by atoms with Crippen molar-refractivity contribution in [2.45, 2.75) is 13.8 Å². The molecule has 0 bridgehead atoms. The number of hydrogen-bond acceptors (Lipinski definition) is 5. The van der Waals surface area contributed by atoms with E-state index in [0.717, 1.165) is 0 Å². The van der Waals surface area contributed by atoms with Gasteiger partial charge in [0.1, 0.15) is 12.1 Å². The van der Waals surface area contributed by atoms with E-state index >= 15 is 0 Å². The summed E-state index contributed by atoms with van der Waals surface area (Å²) in [7, 11) is 0. The highest BCUT2D eigenvalue weighted by Crippen LogP contribution is 2.33. The van der Waals surface area contributed by atoms with Gasteiger partial charge in [-0.2, -0.15) is 0 Å². The first-order valence-electron chi connectivity index (χ1n) is 6.03. The predicted octanol–water partition coefficient (Wildman–Crippen LogP) is 2.93. The van der Waals surface area contributed by atoms with Crippen LogP contribution in [-0.4, -0.2) is 21.4 Å². The lowest BCUT2D eigenvalue weighted by atomic mass is 10.1. The Balaban J connectivity index is 2.66. The second kappa shape index (κ2) is 5.60. The van der Waals surface area contributed by atoms with Gasteiger partial charge >= 0.3 is 5.69 Å². The number of rotatable bonds is 4. The zero-order valence-corrected chi connectivity index (χ0v) is 11.1. The maximum Gasteiger partial charge on any atom is 0.337 e. The third-order valence-corrected chi connectivity index (χ3v) is 2.66. The molecule has 104 valence electrons. The monoisotopic (exact) mass is 276 g/mol. The molecule has 0 saturated carbocycles. The maximum absolute atomic E-state index is 13.5. The molecule has 1 aromatic heterocycles. The second-order valence-corrected chi connectivity index (χ2v) is 4.22. The van der Waals surface area contributed by atoms with Crippen LogP contribution in [0.25, 0.3) is 11.3 Å². The summed E-state index contributed by atoms with van der Waals surface area (Å²) in [6, 6.07) is 4.22. The van der Waals surface area contributed by atoms with Gasteiger partial charge in [-0.05, 0) is 37.6 Å². The van der Waals surface area contributed by atoms with Crippen LogP contribution in [0.3, 0.4) is 0 Å². The first-order valence-corrected chi connectivity index (χ1v) is 6.03. The van der Waals surface area contributed by atoms with E-state index in [1.54, 1.807) is 19.9 Å². The standard InChI is InChI=1S/C13H13FN4O2/c1-3-15-13-12(18(19)20)11(16-7-17-13)9-4-8(2)5-10(14)6-9/h4-7H,3H2,1-2H3,(H,15,16,17). The Morgan fingerprint density at radius 1 is 1.35 bits per heavy atom. The van der Waals surface area contributed by atoms with Crippen molar-refractivity contribution in [3.05, 3.63) is 46.0 Å². The van der Waals surface area contributed by atoms with Crippen molar-refractivity contribution in [2.75, 3.05) is 11.9 Å². The molecule has 2 aromatic rings. The smallest absolute Gasteiger partial charge is 0.337 e. The van der Waals surface area contributed by atoms with Crippen molar-refractivity contribution in [1.82, 2.24) is 9.97 Å². The SMILES string of the molecule is CCNc1ncnc(-c2cc(C)cc(F)c2)c1[N+](=O)[O-]. The number of hydrogen-bond donors (Lipinski definition) is 1. The van der Waals surface area contributed by atoms with Crippen LogP contribution in [0.4, 0.5) is 15.9 Å². The molecule has 1 aromatic carbocycles. The van der Waals surface area contributed by atoms with Gasteiger partial charge < -0.3 is 5.32 Å². The van der Waals surface area contributed by atoms with Gasteiger partial charge in [-0.3, -0.25) is 10.1 Å². The van der Waals surface area contributed by atoms with Crippen LogP contribution in [-0.2, 0) is 0 Å². The van der Waals surface area contributed by atoms with Crippen molar-refractivity contribution in [2.24, 2.45) is 0 Å². The highest BCUT2D eigenvalue weighted by Gasteiger charge is 2.23. The minimum absolute atomic E-state index is 0.101. The summed E-state index contributed by atoms with van der Waals surface area (Å²) in [6.45, 7) is 4.00. The van der Waals surface area contributed by atoms with Crippen LogP contribution in [0, 0.1) is 22.9 Å². The fraction of sp³-hybridized carbons (Fsp3) is 0.231. The molecule has 0 aliphatic heterocycles. The van der Waals surface area contributed by atoms with Gasteiger partial charge in [0, 0.05) is 12.1 Å². The van der Waals surface area contributed by atoms with Crippen LogP contribution >= 0.6 is 0 Å². The molecule has 1 heterocycles. The van der Waals surface area contributed by atoms with Gasteiger partial charge in [-0.1, -0.05) is 0 Å². The fourth-order valence-corrected chi connectivity index (χ4v) is 1.93. The zero-order valence-electron chi connectivity index (χ0n) is 11.1. The Hall–Kier alpha value is -2.57.